The second-order valence-corrected chi connectivity index (χ2v) is 7.66. The highest BCUT2D eigenvalue weighted by atomic mass is 79.9. The summed E-state index contributed by atoms with van der Waals surface area (Å²) in [6.45, 7) is 11.1. The molecule has 3 nitrogen and oxygen atoms in total. The van der Waals surface area contributed by atoms with Crippen molar-refractivity contribution < 1.29 is 0 Å². The Bertz CT molecular complexity index is 386. The van der Waals surface area contributed by atoms with Crippen LogP contribution in [0.2, 0.25) is 0 Å². The molecule has 1 aromatic heterocycles. The molecule has 20 heavy (non-hydrogen) atoms. The third kappa shape index (κ3) is 3.83. The van der Waals surface area contributed by atoms with E-state index in [0.29, 0.717) is 0 Å². The van der Waals surface area contributed by atoms with Gasteiger partial charge in [0.1, 0.15) is 0 Å². The van der Waals surface area contributed by atoms with Crippen LogP contribution in [0.3, 0.4) is 0 Å². The Balaban J connectivity index is 3.01. The molecule has 1 atom stereocenters. The molecule has 0 aliphatic heterocycles. The van der Waals surface area contributed by atoms with Gasteiger partial charge in [0.15, 0.2) is 0 Å². The summed E-state index contributed by atoms with van der Waals surface area (Å²) >= 11 is 5.34. The lowest BCUT2D eigenvalue weighted by molar-refractivity contribution is 0.0495. The molecule has 0 spiro atoms. The highest BCUT2D eigenvalue weighted by molar-refractivity contribution is 9.11. The van der Waals surface area contributed by atoms with Gasteiger partial charge < -0.3 is 0 Å². The third-order valence-electron chi connectivity index (χ3n) is 4.50. The van der Waals surface area contributed by atoms with Crippen molar-refractivity contribution in [1.82, 2.24) is 10.3 Å². The van der Waals surface area contributed by atoms with Crippen LogP contribution in [0, 0.1) is 0 Å². The molecule has 0 radical (unpaired) electrons. The summed E-state index contributed by atoms with van der Waals surface area (Å²) in [4.78, 5) is 3.93. The molecule has 5 heteroatoms. The number of halogens is 1. The van der Waals surface area contributed by atoms with E-state index in [9.17, 15) is 0 Å². The quantitative estimate of drug-likeness (QED) is 0.519. The van der Waals surface area contributed by atoms with Crippen LogP contribution in [-0.2, 0) is 6.42 Å². The van der Waals surface area contributed by atoms with E-state index in [1.807, 2.05) is 0 Å². The maximum atomic E-state index is 5.93. The zero-order valence-corrected chi connectivity index (χ0v) is 15.5. The van der Waals surface area contributed by atoms with Crippen molar-refractivity contribution in [2.75, 3.05) is 13.1 Å². The standard InChI is InChI=1S/C15H28BrN3S/c1-5-15(6-2,19(7-3)8-4)13(18-17)11-12-9-10-14(16)20-12/h9-10,13,18H,5-8,11,17H2,1-4H3. The average Bonchev–Trinajstić information content (AvgIpc) is 2.88. The van der Waals surface area contributed by atoms with Crippen LogP contribution in [0.15, 0.2) is 15.9 Å². The molecule has 1 rings (SSSR count). The van der Waals surface area contributed by atoms with Crippen LogP contribution in [0.1, 0.15) is 45.4 Å². The maximum Gasteiger partial charge on any atom is 0.0701 e. The lowest BCUT2D eigenvalue weighted by Crippen LogP contribution is -2.63. The normalized spacial score (nSPS) is 13.9. The first kappa shape index (κ1) is 18.1. The number of hydrogen-bond donors (Lipinski definition) is 2. The Labute approximate surface area is 136 Å². The van der Waals surface area contributed by atoms with Gasteiger partial charge in [-0.15, -0.1) is 11.3 Å². The summed E-state index contributed by atoms with van der Waals surface area (Å²) in [5.74, 6) is 5.93. The lowest BCUT2D eigenvalue weighted by Gasteiger charge is -2.47. The monoisotopic (exact) mass is 361 g/mol. The van der Waals surface area contributed by atoms with Crippen molar-refractivity contribution in [3.8, 4) is 0 Å². The zero-order valence-electron chi connectivity index (χ0n) is 13.1. The van der Waals surface area contributed by atoms with Crippen LogP contribution >= 0.6 is 27.3 Å². The minimum absolute atomic E-state index is 0.120. The molecular weight excluding hydrogens is 334 g/mol. The summed E-state index contributed by atoms with van der Waals surface area (Å²) in [5.41, 5.74) is 3.22. The van der Waals surface area contributed by atoms with Crippen molar-refractivity contribution in [3.63, 3.8) is 0 Å². The molecule has 0 aromatic carbocycles. The predicted octanol–water partition coefficient (Wildman–Crippen LogP) is 3.79. The smallest absolute Gasteiger partial charge is 0.0701 e. The van der Waals surface area contributed by atoms with Gasteiger partial charge in [-0.25, -0.2) is 0 Å². The molecule has 0 aliphatic carbocycles. The van der Waals surface area contributed by atoms with Crippen molar-refractivity contribution in [2.24, 2.45) is 5.84 Å². The Hall–Kier alpha value is 0.0600. The Morgan fingerprint density at radius 1 is 1.25 bits per heavy atom. The van der Waals surface area contributed by atoms with E-state index in [1.54, 1.807) is 11.3 Å². The fourth-order valence-electron chi connectivity index (χ4n) is 3.33. The van der Waals surface area contributed by atoms with Gasteiger partial charge in [0.25, 0.3) is 0 Å². The minimum Gasteiger partial charge on any atom is -0.297 e. The second kappa shape index (κ2) is 8.49. The number of hydrazine groups is 1. The topological polar surface area (TPSA) is 41.3 Å². The van der Waals surface area contributed by atoms with Gasteiger partial charge in [-0.3, -0.25) is 16.2 Å². The molecule has 0 bridgehead atoms. The van der Waals surface area contributed by atoms with Crippen molar-refractivity contribution in [2.45, 2.75) is 58.5 Å². The first-order valence-corrected chi connectivity index (χ1v) is 9.14. The molecule has 1 unspecified atom stereocenters. The fraction of sp³-hybridized carbons (Fsp3) is 0.733. The van der Waals surface area contributed by atoms with Gasteiger partial charge in [0.2, 0.25) is 0 Å². The number of nitrogens with one attached hydrogen (secondary N) is 1. The third-order valence-corrected chi connectivity index (χ3v) is 6.15. The van der Waals surface area contributed by atoms with Crippen molar-refractivity contribution in [1.29, 1.82) is 0 Å². The molecule has 1 aromatic rings. The molecule has 1 heterocycles. The molecule has 0 saturated carbocycles. The van der Waals surface area contributed by atoms with E-state index in [0.717, 1.165) is 32.4 Å². The van der Waals surface area contributed by atoms with Gasteiger partial charge in [-0.2, -0.15) is 0 Å². The van der Waals surface area contributed by atoms with Gasteiger partial charge in [0.05, 0.1) is 3.79 Å². The molecule has 0 amide bonds. The summed E-state index contributed by atoms with van der Waals surface area (Å²) in [6.07, 6.45) is 3.18. The number of likely N-dealkylation sites (N-methyl/N-ethyl adjacent to an activating group) is 1. The van der Waals surface area contributed by atoms with E-state index in [2.05, 4.69) is 66.1 Å². The lowest BCUT2D eigenvalue weighted by atomic mass is 9.81. The Kier molecular flexibility index (Phi) is 7.69. The van der Waals surface area contributed by atoms with Crippen LogP contribution in [0.25, 0.3) is 0 Å². The minimum atomic E-state index is 0.120. The van der Waals surface area contributed by atoms with E-state index >= 15 is 0 Å². The van der Waals surface area contributed by atoms with Gasteiger partial charge >= 0.3 is 0 Å². The summed E-state index contributed by atoms with van der Waals surface area (Å²) in [5, 5.41) is 0. The number of hydrogen-bond acceptors (Lipinski definition) is 4. The molecule has 0 aliphatic rings. The molecule has 116 valence electrons. The Morgan fingerprint density at radius 3 is 2.20 bits per heavy atom. The van der Waals surface area contributed by atoms with Gasteiger partial charge in [0, 0.05) is 22.9 Å². The van der Waals surface area contributed by atoms with Crippen LogP contribution in [-0.4, -0.2) is 29.6 Å². The molecule has 0 fully saturated rings. The summed E-state index contributed by atoms with van der Waals surface area (Å²) in [6, 6.07) is 4.57. The number of nitrogens with two attached hydrogens (primary N) is 1. The van der Waals surface area contributed by atoms with Crippen molar-refractivity contribution in [3.05, 3.63) is 20.8 Å². The van der Waals surface area contributed by atoms with E-state index in [1.165, 1.54) is 8.66 Å². The molecule has 3 N–H and O–H groups in total. The number of thiophene rings is 1. The summed E-state index contributed by atoms with van der Waals surface area (Å²) < 4.78 is 1.18. The van der Waals surface area contributed by atoms with E-state index in [-0.39, 0.29) is 11.6 Å². The SMILES string of the molecule is CCN(CC)C(CC)(CC)C(Cc1ccc(Br)s1)NN. The maximum absolute atomic E-state index is 5.93. The fourth-order valence-corrected chi connectivity index (χ4v) is 4.86. The zero-order chi connectivity index (χ0) is 15.2. The van der Waals surface area contributed by atoms with Crippen LogP contribution < -0.4 is 11.3 Å². The highest BCUT2D eigenvalue weighted by Gasteiger charge is 2.39. The molecular formula is C15H28BrN3S. The van der Waals surface area contributed by atoms with E-state index < -0.39 is 0 Å². The average molecular weight is 362 g/mol. The second-order valence-electron chi connectivity index (χ2n) is 5.11. The largest absolute Gasteiger partial charge is 0.297 e. The molecule has 0 saturated heterocycles. The van der Waals surface area contributed by atoms with Crippen LogP contribution in [0.5, 0.6) is 0 Å². The van der Waals surface area contributed by atoms with E-state index in [4.69, 9.17) is 5.84 Å². The summed E-state index contributed by atoms with van der Waals surface area (Å²) in [7, 11) is 0. The number of nitrogens with zero attached hydrogens (tertiary/aromatic N) is 1. The van der Waals surface area contributed by atoms with Gasteiger partial charge in [-0.05, 0) is 54.0 Å². The van der Waals surface area contributed by atoms with Crippen LogP contribution in [0.4, 0.5) is 0 Å². The first-order chi connectivity index (χ1) is 9.57. The number of rotatable bonds is 9. The Morgan fingerprint density at radius 2 is 1.85 bits per heavy atom. The first-order valence-electron chi connectivity index (χ1n) is 7.53. The predicted molar refractivity (Wildman–Crippen MR) is 93.1 cm³/mol. The highest BCUT2D eigenvalue weighted by Crippen LogP contribution is 2.32. The van der Waals surface area contributed by atoms with Crippen molar-refractivity contribution >= 4 is 27.3 Å². The van der Waals surface area contributed by atoms with Gasteiger partial charge in [-0.1, -0.05) is 27.7 Å².